The third-order valence-corrected chi connectivity index (χ3v) is 6.86. The van der Waals surface area contributed by atoms with Crippen molar-refractivity contribution in [2.75, 3.05) is 5.75 Å². The van der Waals surface area contributed by atoms with Crippen molar-refractivity contribution < 1.29 is 9.59 Å². The number of aromatic amines is 1. The number of benzene rings is 1. The highest BCUT2D eigenvalue weighted by Crippen LogP contribution is 2.24. The number of amides is 2. The normalized spacial score (nSPS) is 12.9. The summed E-state index contributed by atoms with van der Waals surface area (Å²) in [5.41, 5.74) is 10.5. The van der Waals surface area contributed by atoms with Gasteiger partial charge in [0.25, 0.3) is 0 Å². The first-order valence-electron chi connectivity index (χ1n) is 12.2. The molecule has 0 saturated heterocycles. The van der Waals surface area contributed by atoms with E-state index in [0.717, 1.165) is 29.0 Å². The average Bonchev–Trinajstić information content (AvgIpc) is 3.17. The molecule has 8 nitrogen and oxygen atoms in total. The number of fused-ring (bicyclic) bond motifs is 1. The number of aryl methyl sites for hydroxylation is 3. The molecule has 0 saturated carbocycles. The molecule has 1 aliphatic rings. The van der Waals surface area contributed by atoms with Crippen molar-refractivity contribution in [3.05, 3.63) is 99.6 Å². The second kappa shape index (κ2) is 17.7. The smallest absolute Gasteiger partial charge is 0.211 e. The van der Waals surface area contributed by atoms with Gasteiger partial charge in [0.05, 0.1) is 0 Å². The van der Waals surface area contributed by atoms with Crippen molar-refractivity contribution >= 4 is 47.5 Å². The number of hydrogen-bond donors (Lipinski definition) is 4. The number of nitrogens with zero attached hydrogens (tertiary/aromatic N) is 2. The molecule has 0 radical (unpaired) electrons. The molecular formula is C28H34N6O2S2. The zero-order chi connectivity index (χ0) is 27.6. The number of carbonyl (C=O) groups excluding carboxylic acids is 2. The fraction of sp³-hybridized carbons (Fsp3) is 0.250. The first-order valence-corrected chi connectivity index (χ1v) is 13.6. The fourth-order valence-corrected chi connectivity index (χ4v) is 4.85. The SMILES string of the molecule is Cc1ccncc1.N/N=C(\SC/C=C(\NC=O)c1cc2c([nH]c1=S)CCCCC2)c1ccccc1.NC=O. The molecule has 0 unspecified atom stereocenters. The lowest BCUT2D eigenvalue weighted by Gasteiger charge is -2.12. The Labute approximate surface area is 233 Å². The molecule has 2 heterocycles. The second-order valence-electron chi connectivity index (χ2n) is 8.23. The molecule has 2 aromatic heterocycles. The minimum absolute atomic E-state index is 0.250. The van der Waals surface area contributed by atoms with Crippen LogP contribution in [0.3, 0.4) is 0 Å². The van der Waals surface area contributed by atoms with Crippen LogP contribution in [0.4, 0.5) is 0 Å². The van der Waals surface area contributed by atoms with E-state index in [1.165, 1.54) is 47.8 Å². The van der Waals surface area contributed by atoms with Crippen LogP contribution >= 0.6 is 24.0 Å². The molecule has 0 atom stereocenters. The summed E-state index contributed by atoms with van der Waals surface area (Å²) >= 11 is 7.08. The van der Waals surface area contributed by atoms with Crippen molar-refractivity contribution in [1.82, 2.24) is 15.3 Å². The predicted molar refractivity (Wildman–Crippen MR) is 159 cm³/mol. The van der Waals surface area contributed by atoms with E-state index in [4.69, 9.17) is 22.9 Å². The fourth-order valence-electron chi connectivity index (χ4n) is 3.77. The van der Waals surface area contributed by atoms with E-state index >= 15 is 0 Å². The highest BCUT2D eigenvalue weighted by molar-refractivity contribution is 8.14. The number of nitrogens with one attached hydrogen (secondary N) is 2. The number of hydrazone groups is 1. The minimum Gasteiger partial charge on any atom is -0.372 e. The molecule has 38 heavy (non-hydrogen) atoms. The molecule has 6 N–H and O–H groups in total. The van der Waals surface area contributed by atoms with Crippen LogP contribution in [-0.4, -0.2) is 33.6 Å². The summed E-state index contributed by atoms with van der Waals surface area (Å²) in [6.07, 6.45) is 12.1. The van der Waals surface area contributed by atoms with E-state index in [1.54, 1.807) is 12.4 Å². The summed E-state index contributed by atoms with van der Waals surface area (Å²) in [6.45, 7) is 2.04. The lowest BCUT2D eigenvalue weighted by molar-refractivity contribution is -0.108. The minimum atomic E-state index is 0.250. The molecule has 3 aromatic rings. The van der Waals surface area contributed by atoms with Gasteiger partial charge in [-0.25, -0.2) is 0 Å². The van der Waals surface area contributed by atoms with Gasteiger partial charge in [-0.15, -0.1) is 0 Å². The molecule has 0 spiro atoms. The maximum atomic E-state index is 11.2. The van der Waals surface area contributed by atoms with Gasteiger partial charge in [-0.05, 0) is 68.0 Å². The number of thioether (sulfide) groups is 1. The van der Waals surface area contributed by atoms with Crippen LogP contribution < -0.4 is 16.9 Å². The number of H-pyrrole nitrogens is 1. The Balaban J connectivity index is 0.000000427. The number of nitrogens with two attached hydrogens (primary N) is 2. The van der Waals surface area contributed by atoms with Crippen LogP contribution in [0.1, 0.15) is 47.2 Å². The Kier molecular flexibility index (Phi) is 14.2. The van der Waals surface area contributed by atoms with E-state index < -0.39 is 0 Å². The molecule has 0 fully saturated rings. The monoisotopic (exact) mass is 550 g/mol. The van der Waals surface area contributed by atoms with Crippen LogP contribution in [0.5, 0.6) is 0 Å². The quantitative estimate of drug-likeness (QED) is 0.0670. The molecule has 0 bridgehead atoms. The summed E-state index contributed by atoms with van der Waals surface area (Å²) in [4.78, 5) is 27.0. The lowest BCUT2D eigenvalue weighted by Crippen LogP contribution is -2.12. The first kappa shape index (κ1) is 30.5. The number of aromatic nitrogens is 2. The van der Waals surface area contributed by atoms with Crippen LogP contribution in [0, 0.1) is 11.6 Å². The highest BCUT2D eigenvalue weighted by Gasteiger charge is 2.13. The van der Waals surface area contributed by atoms with Crippen LogP contribution in [-0.2, 0) is 22.4 Å². The van der Waals surface area contributed by atoms with Gasteiger partial charge in [-0.1, -0.05) is 60.7 Å². The van der Waals surface area contributed by atoms with E-state index in [0.29, 0.717) is 22.5 Å². The lowest BCUT2D eigenvalue weighted by atomic mass is 10.0. The van der Waals surface area contributed by atoms with Crippen molar-refractivity contribution in [3.63, 3.8) is 0 Å². The first-order chi connectivity index (χ1) is 18.5. The summed E-state index contributed by atoms with van der Waals surface area (Å²) in [5.74, 6) is 6.16. The number of carbonyl (C=O) groups is 2. The van der Waals surface area contributed by atoms with Gasteiger partial charge in [0.15, 0.2) is 0 Å². The highest BCUT2D eigenvalue weighted by atomic mass is 32.2. The molecule has 10 heteroatoms. The van der Waals surface area contributed by atoms with Gasteiger partial charge < -0.3 is 21.9 Å². The Hall–Kier alpha value is -3.76. The predicted octanol–water partition coefficient (Wildman–Crippen LogP) is 4.65. The third kappa shape index (κ3) is 10.3. The van der Waals surface area contributed by atoms with Gasteiger partial charge in [0.2, 0.25) is 12.8 Å². The Morgan fingerprint density at radius 2 is 1.82 bits per heavy atom. The molecule has 0 aliphatic heterocycles. The van der Waals surface area contributed by atoms with E-state index in [-0.39, 0.29) is 6.41 Å². The van der Waals surface area contributed by atoms with Crippen molar-refractivity contribution in [1.29, 1.82) is 0 Å². The van der Waals surface area contributed by atoms with Crippen molar-refractivity contribution in [2.45, 2.75) is 39.0 Å². The molecule has 200 valence electrons. The molecule has 1 aromatic carbocycles. The maximum absolute atomic E-state index is 11.2. The largest absolute Gasteiger partial charge is 0.372 e. The second-order valence-corrected chi connectivity index (χ2v) is 9.65. The van der Waals surface area contributed by atoms with Gasteiger partial charge >= 0.3 is 0 Å². The van der Waals surface area contributed by atoms with Crippen LogP contribution in [0.25, 0.3) is 5.70 Å². The summed E-state index contributed by atoms with van der Waals surface area (Å²) in [5, 5.41) is 7.44. The van der Waals surface area contributed by atoms with Gasteiger partial charge in [-0.2, -0.15) is 5.10 Å². The topological polar surface area (TPSA) is 139 Å². The summed E-state index contributed by atoms with van der Waals surface area (Å²) in [6, 6.07) is 15.9. The van der Waals surface area contributed by atoms with Crippen molar-refractivity contribution in [2.24, 2.45) is 16.7 Å². The van der Waals surface area contributed by atoms with Gasteiger partial charge in [0.1, 0.15) is 9.68 Å². The van der Waals surface area contributed by atoms with Crippen LogP contribution in [0.2, 0.25) is 0 Å². The summed E-state index contributed by atoms with van der Waals surface area (Å²) in [7, 11) is 0. The number of pyridine rings is 2. The maximum Gasteiger partial charge on any atom is 0.211 e. The number of primary amides is 1. The zero-order valence-electron chi connectivity index (χ0n) is 21.4. The van der Waals surface area contributed by atoms with E-state index in [9.17, 15) is 4.79 Å². The molecular weight excluding hydrogens is 516 g/mol. The third-order valence-electron chi connectivity index (χ3n) is 5.59. The Morgan fingerprint density at radius 3 is 2.42 bits per heavy atom. The number of rotatable bonds is 6. The Morgan fingerprint density at radius 1 is 1.13 bits per heavy atom. The Bertz CT molecular complexity index is 1260. The van der Waals surface area contributed by atoms with E-state index in [1.807, 2.05) is 55.5 Å². The average molecular weight is 551 g/mol. The molecule has 1 aliphatic carbocycles. The van der Waals surface area contributed by atoms with E-state index in [2.05, 4.69) is 32.2 Å². The summed E-state index contributed by atoms with van der Waals surface area (Å²) < 4.78 is 0.655. The number of hydrogen-bond acceptors (Lipinski definition) is 7. The van der Waals surface area contributed by atoms with Gasteiger partial charge in [-0.3, -0.25) is 14.6 Å². The standard InChI is InChI=1S/C21H24N4OS2.C6H7N.CH3NO/c22-25-21(15-7-3-1-4-8-15)28-12-11-19(23-14-26)17-13-16-9-5-2-6-10-18(16)24-20(17)27;1-6-2-4-7-5-3-6;2-1-3/h1,3-4,7-8,11,13-14H,2,5-6,9-10,12,22H2,(H,23,26)(H,24,27);2-5H,1H3;1H,(H2,2,3)/b19-11-,25-21-;;. The van der Waals surface area contributed by atoms with Crippen LogP contribution in [0.15, 0.2) is 72.1 Å². The van der Waals surface area contributed by atoms with Gasteiger partial charge in [0, 0.05) is 40.7 Å². The zero-order valence-corrected chi connectivity index (χ0v) is 23.1. The van der Waals surface area contributed by atoms with Crippen molar-refractivity contribution in [3.8, 4) is 0 Å². The molecule has 4 rings (SSSR count). The molecule has 2 amide bonds.